The summed E-state index contributed by atoms with van der Waals surface area (Å²) in [6.07, 6.45) is 1.70. The summed E-state index contributed by atoms with van der Waals surface area (Å²) in [5.74, 6) is -0.587. The number of fused-ring (bicyclic) bond motifs is 1. The number of nitrogens with zero attached hydrogens (tertiary/aromatic N) is 2. The van der Waals surface area contributed by atoms with Gasteiger partial charge in [-0.3, -0.25) is 4.98 Å². The molecule has 0 amide bonds. The van der Waals surface area contributed by atoms with Gasteiger partial charge in [-0.2, -0.15) is 0 Å². The Balaban J connectivity index is 2.23. The van der Waals surface area contributed by atoms with Gasteiger partial charge < -0.3 is 9.84 Å². The van der Waals surface area contributed by atoms with Gasteiger partial charge in [0, 0.05) is 17.1 Å². The molecule has 0 atom stereocenters. The molecule has 1 aromatic heterocycles. The van der Waals surface area contributed by atoms with Crippen LogP contribution in [0.3, 0.4) is 0 Å². The molecule has 0 aliphatic carbocycles. The van der Waals surface area contributed by atoms with Gasteiger partial charge in [0.2, 0.25) is 0 Å². The number of carboxylic acids is 1. The Morgan fingerprint density at radius 1 is 1.16 bits per heavy atom. The van der Waals surface area contributed by atoms with Crippen LogP contribution in [-0.4, -0.2) is 21.7 Å². The first-order valence-electron chi connectivity index (χ1n) is 7.70. The topological polar surface area (TPSA) is 63.8 Å². The summed E-state index contributed by atoms with van der Waals surface area (Å²) < 4.78 is 5.83. The third-order valence-corrected chi connectivity index (χ3v) is 3.91. The smallest absolute Gasteiger partial charge is 0.347 e. The van der Waals surface area contributed by atoms with Crippen LogP contribution in [0.25, 0.3) is 26.9 Å². The summed E-state index contributed by atoms with van der Waals surface area (Å²) in [6, 6.07) is 14.4. The third kappa shape index (κ3) is 3.15. The molecule has 0 aliphatic rings. The van der Waals surface area contributed by atoms with Crippen LogP contribution in [-0.2, 0) is 4.79 Å². The van der Waals surface area contributed by atoms with Crippen molar-refractivity contribution >= 4 is 22.6 Å². The lowest BCUT2D eigenvalue weighted by Crippen LogP contribution is -2.38. The van der Waals surface area contributed by atoms with E-state index in [2.05, 4.69) is 9.83 Å². The highest BCUT2D eigenvalue weighted by Gasteiger charge is 2.30. The van der Waals surface area contributed by atoms with Crippen molar-refractivity contribution in [3.8, 4) is 16.9 Å². The minimum Gasteiger partial charge on any atom is -0.478 e. The van der Waals surface area contributed by atoms with Gasteiger partial charge in [0.15, 0.2) is 11.3 Å². The van der Waals surface area contributed by atoms with Crippen LogP contribution in [0.2, 0.25) is 0 Å². The number of carbonyl (C=O) groups is 1. The van der Waals surface area contributed by atoms with Gasteiger partial charge in [0.25, 0.3) is 0 Å². The zero-order valence-electron chi connectivity index (χ0n) is 13.9. The maximum absolute atomic E-state index is 11.4. The molecule has 5 heteroatoms. The van der Waals surface area contributed by atoms with Gasteiger partial charge >= 0.3 is 5.97 Å². The largest absolute Gasteiger partial charge is 0.478 e. The van der Waals surface area contributed by atoms with E-state index < -0.39 is 11.6 Å². The molecule has 1 N–H and O–H groups in total. The van der Waals surface area contributed by atoms with Gasteiger partial charge in [-0.1, -0.05) is 30.3 Å². The number of ether oxygens (including phenoxy) is 1. The lowest BCUT2D eigenvalue weighted by molar-refractivity contribution is -0.152. The van der Waals surface area contributed by atoms with Gasteiger partial charge in [-0.05, 0) is 37.6 Å². The maximum Gasteiger partial charge on any atom is 0.347 e. The quantitative estimate of drug-likeness (QED) is 0.704. The van der Waals surface area contributed by atoms with Gasteiger partial charge in [0.1, 0.15) is 5.75 Å². The van der Waals surface area contributed by atoms with E-state index >= 15 is 0 Å². The zero-order chi connectivity index (χ0) is 18.0. The van der Waals surface area contributed by atoms with Crippen LogP contribution in [0.1, 0.15) is 13.8 Å². The number of carboxylic acid groups (broad SMARTS) is 1. The average Bonchev–Trinajstić information content (AvgIpc) is 2.61. The van der Waals surface area contributed by atoms with Crippen molar-refractivity contribution < 1.29 is 14.6 Å². The minimum absolute atomic E-state index is 0.462. The highest BCUT2D eigenvalue weighted by Crippen LogP contribution is 2.38. The Hall–Kier alpha value is -3.39. The molecule has 124 valence electrons. The van der Waals surface area contributed by atoms with Gasteiger partial charge in [0.05, 0.1) is 12.1 Å². The fourth-order valence-electron chi connectivity index (χ4n) is 2.54. The molecular weight excluding hydrogens is 316 g/mol. The summed E-state index contributed by atoms with van der Waals surface area (Å²) in [4.78, 5) is 19.2. The number of hydrogen-bond donors (Lipinski definition) is 1. The van der Waals surface area contributed by atoms with Crippen LogP contribution >= 0.6 is 0 Å². The van der Waals surface area contributed by atoms with E-state index in [0.29, 0.717) is 11.4 Å². The predicted octanol–water partition coefficient (Wildman–Crippen LogP) is 4.69. The number of pyridine rings is 1. The van der Waals surface area contributed by atoms with Crippen LogP contribution in [0.15, 0.2) is 54.7 Å². The lowest BCUT2D eigenvalue weighted by Gasteiger charge is -2.24. The fraction of sp³-hybridized carbons (Fsp3) is 0.150. The monoisotopic (exact) mass is 332 g/mol. The van der Waals surface area contributed by atoms with Crippen molar-refractivity contribution in [3.63, 3.8) is 0 Å². The molecule has 0 fully saturated rings. The first-order valence-corrected chi connectivity index (χ1v) is 7.70. The SMILES string of the molecule is [C-]#[N+]c1ccc(-c2c(OC(C)(C)C(=O)O)ccc3ncccc23)cc1. The van der Waals surface area contributed by atoms with E-state index in [9.17, 15) is 9.90 Å². The second-order valence-electron chi connectivity index (χ2n) is 6.08. The van der Waals surface area contributed by atoms with Crippen LogP contribution < -0.4 is 4.74 Å². The summed E-state index contributed by atoms with van der Waals surface area (Å²) in [7, 11) is 0. The molecule has 3 rings (SSSR count). The predicted molar refractivity (Wildman–Crippen MR) is 95.8 cm³/mol. The van der Waals surface area contributed by atoms with Crippen molar-refractivity contribution in [2.45, 2.75) is 19.4 Å². The number of aliphatic carboxylic acids is 1. The Bertz CT molecular complexity index is 986. The Labute approximate surface area is 145 Å². The van der Waals surface area contributed by atoms with Crippen LogP contribution in [0.5, 0.6) is 5.75 Å². The summed E-state index contributed by atoms with van der Waals surface area (Å²) in [6.45, 7) is 10.1. The number of aromatic nitrogens is 1. The molecule has 1 heterocycles. The van der Waals surface area contributed by atoms with E-state index in [1.165, 1.54) is 13.8 Å². The molecule has 3 aromatic rings. The summed E-state index contributed by atoms with van der Waals surface area (Å²) in [5.41, 5.74) is 1.54. The summed E-state index contributed by atoms with van der Waals surface area (Å²) in [5, 5.41) is 10.2. The van der Waals surface area contributed by atoms with Crippen molar-refractivity contribution in [1.82, 2.24) is 4.98 Å². The first-order chi connectivity index (χ1) is 11.9. The Morgan fingerprint density at radius 3 is 2.52 bits per heavy atom. The zero-order valence-corrected chi connectivity index (χ0v) is 13.9. The van der Waals surface area contributed by atoms with Crippen molar-refractivity contribution in [2.24, 2.45) is 0 Å². The molecule has 0 bridgehead atoms. The molecule has 0 radical (unpaired) electrons. The highest BCUT2D eigenvalue weighted by atomic mass is 16.5. The van der Waals surface area contributed by atoms with Crippen LogP contribution in [0.4, 0.5) is 5.69 Å². The molecule has 2 aromatic carbocycles. The second-order valence-corrected chi connectivity index (χ2v) is 6.08. The first kappa shape index (κ1) is 16.5. The van der Waals surface area contributed by atoms with Gasteiger partial charge in [-0.15, -0.1) is 0 Å². The molecule has 0 aliphatic heterocycles. The molecule has 0 saturated heterocycles. The van der Waals surface area contributed by atoms with Crippen molar-refractivity contribution in [1.29, 1.82) is 0 Å². The number of benzene rings is 2. The van der Waals surface area contributed by atoms with E-state index in [1.54, 1.807) is 30.5 Å². The van der Waals surface area contributed by atoms with E-state index in [4.69, 9.17) is 11.3 Å². The molecule has 0 spiro atoms. The standard InChI is InChI=1S/C20H16N2O3/c1-20(2,19(23)24)25-17-11-10-16-15(5-4-12-22-16)18(17)13-6-8-14(21-3)9-7-13/h4-12H,1-2H3,(H,23,24). The molecule has 5 nitrogen and oxygen atoms in total. The van der Waals surface area contributed by atoms with Crippen LogP contribution in [0, 0.1) is 6.57 Å². The normalized spacial score (nSPS) is 11.1. The molecule has 0 saturated carbocycles. The Kier molecular flexibility index (Phi) is 4.12. The summed E-state index contributed by atoms with van der Waals surface area (Å²) >= 11 is 0. The van der Waals surface area contributed by atoms with E-state index in [-0.39, 0.29) is 0 Å². The number of rotatable bonds is 4. The third-order valence-electron chi connectivity index (χ3n) is 3.91. The number of hydrogen-bond acceptors (Lipinski definition) is 3. The maximum atomic E-state index is 11.4. The molecular formula is C20H16N2O3. The van der Waals surface area contributed by atoms with E-state index in [0.717, 1.165) is 22.0 Å². The van der Waals surface area contributed by atoms with Gasteiger partial charge in [-0.25, -0.2) is 9.64 Å². The molecule has 25 heavy (non-hydrogen) atoms. The van der Waals surface area contributed by atoms with Crippen molar-refractivity contribution in [3.05, 3.63) is 66.1 Å². The van der Waals surface area contributed by atoms with Crippen molar-refractivity contribution in [2.75, 3.05) is 0 Å². The second kappa shape index (κ2) is 6.25. The fourth-order valence-corrected chi connectivity index (χ4v) is 2.54. The minimum atomic E-state index is -1.37. The van der Waals surface area contributed by atoms with E-state index in [1.807, 2.05) is 24.3 Å². The average molecular weight is 332 g/mol. The lowest BCUT2D eigenvalue weighted by atomic mass is 9.98. The molecule has 0 unspecified atom stereocenters. The Morgan fingerprint density at radius 2 is 1.88 bits per heavy atom. The highest BCUT2D eigenvalue weighted by molar-refractivity contribution is 5.98.